The third kappa shape index (κ3) is 3.98. The number of hydrogen-bond acceptors (Lipinski definition) is 4. The van der Waals surface area contributed by atoms with Gasteiger partial charge in [-0.25, -0.2) is 4.98 Å². The Morgan fingerprint density at radius 3 is 2.68 bits per heavy atom. The van der Waals surface area contributed by atoms with Crippen LogP contribution in [0.25, 0.3) is 0 Å². The molecule has 1 fully saturated rings. The van der Waals surface area contributed by atoms with Crippen LogP contribution in [0.3, 0.4) is 0 Å². The SMILES string of the molecule is CCN(CC)C1CCN(C(=NC)NCc2nc(C)c(C)s2)C1. The molecule has 0 radical (unpaired) electrons. The number of aromatic nitrogens is 1. The summed E-state index contributed by atoms with van der Waals surface area (Å²) < 4.78 is 0. The largest absolute Gasteiger partial charge is 0.350 e. The molecule has 1 aliphatic rings. The summed E-state index contributed by atoms with van der Waals surface area (Å²) in [6.07, 6.45) is 1.22. The molecule has 1 aliphatic heterocycles. The molecule has 1 aromatic rings. The van der Waals surface area contributed by atoms with Crippen molar-refractivity contribution in [2.75, 3.05) is 33.2 Å². The Bertz CT molecular complexity index is 487. The van der Waals surface area contributed by atoms with Crippen molar-refractivity contribution in [1.29, 1.82) is 0 Å². The molecule has 0 spiro atoms. The first-order valence-electron chi connectivity index (χ1n) is 8.21. The van der Waals surface area contributed by atoms with Crippen LogP contribution in [-0.4, -0.2) is 60.0 Å². The van der Waals surface area contributed by atoms with Crippen LogP contribution >= 0.6 is 11.3 Å². The van der Waals surface area contributed by atoms with E-state index in [1.165, 1.54) is 11.3 Å². The molecule has 124 valence electrons. The van der Waals surface area contributed by atoms with Gasteiger partial charge in [-0.3, -0.25) is 9.89 Å². The van der Waals surface area contributed by atoms with Crippen LogP contribution in [-0.2, 0) is 6.54 Å². The van der Waals surface area contributed by atoms with Gasteiger partial charge in [0, 0.05) is 31.1 Å². The van der Waals surface area contributed by atoms with Crippen LogP contribution in [0.15, 0.2) is 4.99 Å². The Morgan fingerprint density at radius 2 is 2.14 bits per heavy atom. The van der Waals surface area contributed by atoms with Gasteiger partial charge >= 0.3 is 0 Å². The smallest absolute Gasteiger partial charge is 0.194 e. The summed E-state index contributed by atoms with van der Waals surface area (Å²) in [4.78, 5) is 15.3. The van der Waals surface area contributed by atoms with Gasteiger partial charge < -0.3 is 10.2 Å². The molecule has 6 heteroatoms. The van der Waals surface area contributed by atoms with E-state index in [9.17, 15) is 0 Å². The first-order valence-corrected chi connectivity index (χ1v) is 9.03. The molecule has 5 nitrogen and oxygen atoms in total. The van der Waals surface area contributed by atoms with Crippen LogP contribution in [0.5, 0.6) is 0 Å². The van der Waals surface area contributed by atoms with Crippen LogP contribution in [0.2, 0.25) is 0 Å². The Hall–Kier alpha value is -1.14. The average molecular weight is 324 g/mol. The average Bonchev–Trinajstić information content (AvgIpc) is 3.10. The van der Waals surface area contributed by atoms with E-state index >= 15 is 0 Å². The Morgan fingerprint density at radius 1 is 1.41 bits per heavy atom. The molecule has 1 atom stereocenters. The Balaban J connectivity index is 1.90. The lowest BCUT2D eigenvalue weighted by Crippen LogP contribution is -2.43. The molecule has 1 N–H and O–H groups in total. The number of aliphatic imine (C=N–C) groups is 1. The minimum Gasteiger partial charge on any atom is -0.350 e. The van der Waals surface area contributed by atoms with Gasteiger partial charge in [0.2, 0.25) is 0 Å². The number of nitrogens with zero attached hydrogens (tertiary/aromatic N) is 4. The summed E-state index contributed by atoms with van der Waals surface area (Å²) in [6.45, 7) is 13.8. The van der Waals surface area contributed by atoms with Gasteiger partial charge in [0.1, 0.15) is 5.01 Å². The van der Waals surface area contributed by atoms with Crippen molar-refractivity contribution in [1.82, 2.24) is 20.1 Å². The first-order chi connectivity index (χ1) is 10.6. The van der Waals surface area contributed by atoms with Crippen molar-refractivity contribution in [3.63, 3.8) is 0 Å². The maximum atomic E-state index is 4.59. The first kappa shape index (κ1) is 17.2. The topological polar surface area (TPSA) is 43.8 Å². The van der Waals surface area contributed by atoms with E-state index in [0.29, 0.717) is 6.04 Å². The van der Waals surface area contributed by atoms with Crippen molar-refractivity contribution < 1.29 is 0 Å². The van der Waals surface area contributed by atoms with E-state index in [2.05, 4.69) is 52.8 Å². The quantitative estimate of drug-likeness (QED) is 0.667. The number of nitrogens with one attached hydrogen (secondary N) is 1. The minimum atomic E-state index is 0.651. The molecule has 2 heterocycles. The standard InChI is InChI=1S/C16H29N5S/c1-6-20(7-2)14-8-9-21(11-14)16(17-5)18-10-15-19-12(3)13(4)22-15/h14H,6-11H2,1-5H3,(H,17,18). The fourth-order valence-electron chi connectivity index (χ4n) is 3.07. The van der Waals surface area contributed by atoms with E-state index in [-0.39, 0.29) is 0 Å². The summed E-state index contributed by atoms with van der Waals surface area (Å²) >= 11 is 1.77. The number of rotatable bonds is 5. The maximum Gasteiger partial charge on any atom is 0.194 e. The molecular formula is C16H29N5S. The number of guanidine groups is 1. The second kappa shape index (κ2) is 7.92. The van der Waals surface area contributed by atoms with Crippen LogP contribution in [0.1, 0.15) is 35.8 Å². The van der Waals surface area contributed by atoms with E-state index in [1.807, 2.05) is 7.05 Å². The fraction of sp³-hybridized carbons (Fsp3) is 0.750. The molecule has 22 heavy (non-hydrogen) atoms. The van der Waals surface area contributed by atoms with Crippen molar-refractivity contribution in [3.05, 3.63) is 15.6 Å². The van der Waals surface area contributed by atoms with Crippen molar-refractivity contribution in [3.8, 4) is 0 Å². The number of likely N-dealkylation sites (tertiary alicyclic amines) is 1. The van der Waals surface area contributed by atoms with Crippen molar-refractivity contribution in [2.24, 2.45) is 4.99 Å². The minimum absolute atomic E-state index is 0.651. The zero-order valence-corrected chi connectivity index (χ0v) is 15.3. The van der Waals surface area contributed by atoms with E-state index < -0.39 is 0 Å². The highest BCUT2D eigenvalue weighted by Crippen LogP contribution is 2.17. The molecule has 0 bridgehead atoms. The van der Waals surface area contributed by atoms with Crippen LogP contribution < -0.4 is 5.32 Å². The zero-order valence-electron chi connectivity index (χ0n) is 14.5. The molecule has 1 saturated heterocycles. The van der Waals surface area contributed by atoms with Gasteiger partial charge in [-0.15, -0.1) is 11.3 Å². The lowest BCUT2D eigenvalue weighted by atomic mass is 10.2. The fourth-order valence-corrected chi connectivity index (χ4v) is 3.95. The zero-order chi connectivity index (χ0) is 16.1. The highest BCUT2D eigenvalue weighted by atomic mass is 32.1. The number of aryl methyl sites for hydroxylation is 2. The van der Waals surface area contributed by atoms with Crippen molar-refractivity contribution >= 4 is 17.3 Å². The molecule has 1 aromatic heterocycles. The van der Waals surface area contributed by atoms with E-state index in [4.69, 9.17) is 0 Å². The molecule has 0 amide bonds. The van der Waals surface area contributed by atoms with Gasteiger partial charge in [-0.05, 0) is 33.4 Å². The molecular weight excluding hydrogens is 294 g/mol. The van der Waals surface area contributed by atoms with Gasteiger partial charge in [0.15, 0.2) is 5.96 Å². The van der Waals surface area contributed by atoms with Crippen LogP contribution in [0.4, 0.5) is 0 Å². The van der Waals surface area contributed by atoms with Crippen LogP contribution in [0, 0.1) is 13.8 Å². The number of thiazole rings is 1. The van der Waals surface area contributed by atoms with Gasteiger partial charge in [-0.2, -0.15) is 0 Å². The number of hydrogen-bond donors (Lipinski definition) is 1. The Kier molecular flexibility index (Phi) is 6.20. The third-order valence-electron chi connectivity index (χ3n) is 4.47. The monoisotopic (exact) mass is 323 g/mol. The maximum absolute atomic E-state index is 4.59. The molecule has 1 unspecified atom stereocenters. The van der Waals surface area contributed by atoms with Gasteiger partial charge in [-0.1, -0.05) is 13.8 Å². The molecule has 0 aromatic carbocycles. The predicted molar refractivity (Wildman–Crippen MR) is 94.7 cm³/mol. The second-order valence-electron chi connectivity index (χ2n) is 5.76. The van der Waals surface area contributed by atoms with E-state index in [0.717, 1.165) is 49.4 Å². The highest BCUT2D eigenvalue weighted by molar-refractivity contribution is 7.11. The number of likely N-dealkylation sites (N-methyl/N-ethyl adjacent to an activating group) is 1. The summed E-state index contributed by atoms with van der Waals surface area (Å²) in [5.41, 5.74) is 1.14. The summed E-state index contributed by atoms with van der Waals surface area (Å²) in [7, 11) is 1.87. The summed E-state index contributed by atoms with van der Waals surface area (Å²) in [5.74, 6) is 1.00. The Labute approximate surface area is 138 Å². The lowest BCUT2D eigenvalue weighted by molar-refractivity contribution is 0.223. The molecule has 2 rings (SSSR count). The van der Waals surface area contributed by atoms with Gasteiger partial charge in [0.25, 0.3) is 0 Å². The van der Waals surface area contributed by atoms with Crippen molar-refractivity contribution in [2.45, 2.75) is 46.7 Å². The van der Waals surface area contributed by atoms with E-state index in [1.54, 1.807) is 11.3 Å². The van der Waals surface area contributed by atoms with Gasteiger partial charge in [0.05, 0.1) is 12.2 Å². The highest BCUT2D eigenvalue weighted by Gasteiger charge is 2.27. The lowest BCUT2D eigenvalue weighted by Gasteiger charge is -2.27. The predicted octanol–water partition coefficient (Wildman–Crippen LogP) is 2.25. The summed E-state index contributed by atoms with van der Waals surface area (Å²) in [6, 6.07) is 0.651. The third-order valence-corrected chi connectivity index (χ3v) is 5.55. The second-order valence-corrected chi connectivity index (χ2v) is 7.05. The summed E-state index contributed by atoms with van der Waals surface area (Å²) in [5, 5.41) is 4.60. The molecule has 0 saturated carbocycles. The molecule has 0 aliphatic carbocycles. The normalized spacial score (nSPS) is 19.3.